The molecule has 8 heteroatoms. The summed E-state index contributed by atoms with van der Waals surface area (Å²) < 4.78 is 5.39. The summed E-state index contributed by atoms with van der Waals surface area (Å²) in [4.78, 5) is 29.1. The van der Waals surface area contributed by atoms with Crippen molar-refractivity contribution < 1.29 is 14.3 Å². The summed E-state index contributed by atoms with van der Waals surface area (Å²) in [5.41, 5.74) is 2.39. The van der Waals surface area contributed by atoms with Gasteiger partial charge in [0.1, 0.15) is 11.8 Å². The zero-order valence-electron chi connectivity index (χ0n) is 22.2. The summed E-state index contributed by atoms with van der Waals surface area (Å²) >= 11 is 13.7. The monoisotopic (exact) mass is 572 g/mol. The number of nitrogens with zero attached hydrogens (tertiary/aromatic N) is 1. The number of halogens is 2. The molecule has 0 aliphatic rings. The van der Waals surface area contributed by atoms with Crippen molar-refractivity contribution in [2.75, 3.05) is 12.9 Å². The Labute approximate surface area is 239 Å². The molecular weight excluding hydrogens is 539 g/mol. The summed E-state index contributed by atoms with van der Waals surface area (Å²) in [6, 6.07) is 22.1. The zero-order valence-corrected chi connectivity index (χ0v) is 24.5. The largest absolute Gasteiger partial charge is 0.497 e. The second-order valence-corrected chi connectivity index (χ2v) is 11.9. The van der Waals surface area contributed by atoms with E-state index in [0.717, 1.165) is 16.7 Å². The molecule has 0 radical (unpaired) electrons. The summed E-state index contributed by atoms with van der Waals surface area (Å²) in [5.74, 6) is 1.18. The van der Waals surface area contributed by atoms with Crippen LogP contribution in [-0.4, -0.2) is 41.2 Å². The number of rotatable bonds is 11. The van der Waals surface area contributed by atoms with Gasteiger partial charge in [0.25, 0.3) is 0 Å². The van der Waals surface area contributed by atoms with E-state index >= 15 is 0 Å². The molecule has 202 valence electrons. The lowest BCUT2D eigenvalue weighted by molar-refractivity contribution is -0.140. The molecule has 5 nitrogen and oxygen atoms in total. The highest BCUT2D eigenvalue weighted by Crippen LogP contribution is 2.25. The van der Waals surface area contributed by atoms with E-state index < -0.39 is 11.6 Å². The molecule has 0 spiro atoms. The first kappa shape index (κ1) is 29.9. The third-order valence-corrected chi connectivity index (χ3v) is 7.46. The SMILES string of the molecule is COc1cccc(CN(C(=O)CSCc2ccc(Cl)c(Cl)c2)[C@@H](Cc2ccccc2)C(=O)NC(C)(C)C)c1. The Morgan fingerprint density at radius 3 is 2.29 bits per heavy atom. The molecule has 0 heterocycles. The lowest BCUT2D eigenvalue weighted by Gasteiger charge is -2.34. The van der Waals surface area contributed by atoms with Gasteiger partial charge < -0.3 is 15.0 Å². The van der Waals surface area contributed by atoms with Gasteiger partial charge in [-0.1, -0.05) is 71.7 Å². The number of carbonyl (C=O) groups is 2. The number of amides is 2. The number of hydrogen-bond donors (Lipinski definition) is 1. The van der Waals surface area contributed by atoms with Crippen LogP contribution in [0.4, 0.5) is 0 Å². The molecule has 3 aromatic carbocycles. The van der Waals surface area contributed by atoms with Gasteiger partial charge in [0.2, 0.25) is 11.8 Å². The second-order valence-electron chi connectivity index (χ2n) is 10.1. The molecule has 0 aliphatic heterocycles. The van der Waals surface area contributed by atoms with Gasteiger partial charge in [-0.25, -0.2) is 0 Å². The molecule has 3 rings (SSSR count). The number of ether oxygens (including phenoxy) is 1. The summed E-state index contributed by atoms with van der Waals surface area (Å²) in [6.07, 6.45) is 0.399. The number of nitrogens with one attached hydrogen (secondary N) is 1. The van der Waals surface area contributed by atoms with Crippen LogP contribution in [0, 0.1) is 0 Å². The minimum absolute atomic E-state index is 0.122. The minimum atomic E-state index is -0.694. The molecule has 0 saturated carbocycles. The van der Waals surface area contributed by atoms with E-state index in [1.54, 1.807) is 18.1 Å². The fourth-order valence-electron chi connectivity index (χ4n) is 3.94. The number of benzene rings is 3. The quantitative estimate of drug-likeness (QED) is 0.275. The Morgan fingerprint density at radius 2 is 1.63 bits per heavy atom. The maximum Gasteiger partial charge on any atom is 0.243 e. The van der Waals surface area contributed by atoms with Gasteiger partial charge in [-0.15, -0.1) is 11.8 Å². The highest BCUT2D eigenvalue weighted by atomic mass is 35.5. The Hall–Kier alpha value is -2.67. The number of carbonyl (C=O) groups excluding carboxylic acids is 2. The van der Waals surface area contributed by atoms with E-state index in [1.165, 1.54) is 11.8 Å². The van der Waals surface area contributed by atoms with Gasteiger partial charge in [-0.2, -0.15) is 0 Å². The van der Waals surface area contributed by atoms with Gasteiger partial charge in [0.15, 0.2) is 0 Å². The zero-order chi connectivity index (χ0) is 27.7. The van der Waals surface area contributed by atoms with Crippen LogP contribution in [0.15, 0.2) is 72.8 Å². The first-order valence-electron chi connectivity index (χ1n) is 12.4. The Morgan fingerprint density at radius 1 is 0.921 bits per heavy atom. The van der Waals surface area contributed by atoms with Crippen LogP contribution in [0.25, 0.3) is 0 Å². The van der Waals surface area contributed by atoms with Gasteiger partial charge in [0.05, 0.1) is 22.9 Å². The van der Waals surface area contributed by atoms with Crippen LogP contribution >= 0.6 is 35.0 Å². The fraction of sp³-hybridized carbons (Fsp3) is 0.333. The molecule has 1 atom stereocenters. The Balaban J connectivity index is 1.88. The smallest absolute Gasteiger partial charge is 0.243 e. The normalized spacial score (nSPS) is 12.1. The van der Waals surface area contributed by atoms with E-state index in [-0.39, 0.29) is 24.1 Å². The molecule has 0 unspecified atom stereocenters. The average Bonchev–Trinajstić information content (AvgIpc) is 2.87. The van der Waals surface area contributed by atoms with Gasteiger partial charge in [0, 0.05) is 24.3 Å². The van der Waals surface area contributed by atoms with Crippen molar-refractivity contribution in [3.8, 4) is 5.75 Å². The molecule has 0 aromatic heterocycles. The summed E-state index contributed by atoms with van der Waals surface area (Å²) in [5, 5.41) is 4.06. The van der Waals surface area contributed by atoms with Crippen molar-refractivity contribution in [2.24, 2.45) is 0 Å². The predicted molar refractivity (Wildman–Crippen MR) is 158 cm³/mol. The highest BCUT2D eigenvalue weighted by molar-refractivity contribution is 7.99. The van der Waals surface area contributed by atoms with Crippen molar-refractivity contribution in [1.82, 2.24) is 10.2 Å². The predicted octanol–water partition coefficient (Wildman–Crippen LogP) is 6.79. The topological polar surface area (TPSA) is 58.6 Å². The summed E-state index contributed by atoms with van der Waals surface area (Å²) in [7, 11) is 1.61. The standard InChI is InChI=1S/C30H34Cl2N2O3S/c1-30(2,3)33-29(36)27(17-21-9-6-5-7-10-21)34(18-22-11-8-12-24(15-22)37-4)28(35)20-38-19-23-13-14-25(31)26(32)16-23/h5-16,27H,17-20H2,1-4H3,(H,33,36)/t27-/m0/s1. The average molecular weight is 574 g/mol. The fourth-order valence-corrected chi connectivity index (χ4v) is 5.12. The third-order valence-electron chi connectivity index (χ3n) is 5.73. The highest BCUT2D eigenvalue weighted by Gasteiger charge is 2.32. The van der Waals surface area contributed by atoms with E-state index in [1.807, 2.05) is 87.5 Å². The molecule has 0 saturated heterocycles. The van der Waals surface area contributed by atoms with Crippen LogP contribution in [-0.2, 0) is 28.3 Å². The molecule has 0 fully saturated rings. The van der Waals surface area contributed by atoms with Crippen molar-refractivity contribution >= 4 is 46.8 Å². The third kappa shape index (κ3) is 9.26. The van der Waals surface area contributed by atoms with E-state index in [2.05, 4.69) is 5.32 Å². The molecule has 0 aliphatic carbocycles. The molecule has 0 bridgehead atoms. The van der Waals surface area contributed by atoms with Crippen LogP contribution in [0.2, 0.25) is 10.0 Å². The van der Waals surface area contributed by atoms with Crippen LogP contribution in [0.1, 0.15) is 37.5 Å². The molecule has 1 N–H and O–H groups in total. The van der Waals surface area contributed by atoms with Crippen molar-refractivity contribution in [3.05, 3.63) is 99.5 Å². The van der Waals surface area contributed by atoms with Gasteiger partial charge in [-0.3, -0.25) is 9.59 Å². The molecule has 38 heavy (non-hydrogen) atoms. The van der Waals surface area contributed by atoms with Crippen LogP contribution in [0.5, 0.6) is 5.75 Å². The first-order valence-corrected chi connectivity index (χ1v) is 14.3. The van der Waals surface area contributed by atoms with Crippen LogP contribution < -0.4 is 10.1 Å². The lowest BCUT2D eigenvalue weighted by atomic mass is 10.0. The molecule has 3 aromatic rings. The minimum Gasteiger partial charge on any atom is -0.497 e. The van der Waals surface area contributed by atoms with Gasteiger partial charge in [-0.05, 0) is 61.7 Å². The van der Waals surface area contributed by atoms with Gasteiger partial charge >= 0.3 is 0 Å². The molecule has 2 amide bonds. The van der Waals surface area contributed by atoms with Crippen molar-refractivity contribution in [2.45, 2.75) is 51.1 Å². The number of thioether (sulfide) groups is 1. The van der Waals surface area contributed by atoms with E-state index in [4.69, 9.17) is 27.9 Å². The van der Waals surface area contributed by atoms with Crippen molar-refractivity contribution in [1.29, 1.82) is 0 Å². The second kappa shape index (κ2) is 13.9. The lowest BCUT2D eigenvalue weighted by Crippen LogP contribution is -2.54. The maximum atomic E-state index is 13.8. The van der Waals surface area contributed by atoms with Crippen molar-refractivity contribution in [3.63, 3.8) is 0 Å². The first-order chi connectivity index (χ1) is 18.1. The maximum absolute atomic E-state index is 13.8. The van der Waals surface area contributed by atoms with E-state index in [9.17, 15) is 9.59 Å². The number of hydrogen-bond acceptors (Lipinski definition) is 4. The Kier molecular flexibility index (Phi) is 11.0. The Bertz CT molecular complexity index is 1230. The van der Waals surface area contributed by atoms with E-state index in [0.29, 0.717) is 28.0 Å². The summed E-state index contributed by atoms with van der Waals surface area (Å²) in [6.45, 7) is 6.09. The number of methoxy groups -OCH3 is 1. The molecular formula is C30H34Cl2N2O3S. The van der Waals surface area contributed by atoms with Crippen LogP contribution in [0.3, 0.4) is 0 Å².